The molecule has 1 nitrogen and oxygen atoms in total. The predicted molar refractivity (Wildman–Crippen MR) is 88.9 cm³/mol. The van der Waals surface area contributed by atoms with Crippen LogP contribution in [0.25, 0.3) is 5.57 Å². The van der Waals surface area contributed by atoms with Crippen molar-refractivity contribution in [2.45, 2.75) is 32.3 Å². The van der Waals surface area contributed by atoms with Crippen LogP contribution in [0.1, 0.15) is 32.3 Å². The average molecular weight is 280 g/mol. The van der Waals surface area contributed by atoms with Gasteiger partial charge in [0.1, 0.15) is 0 Å². The van der Waals surface area contributed by atoms with E-state index in [1.807, 2.05) is 13.2 Å². The molecule has 0 aromatic heterocycles. The van der Waals surface area contributed by atoms with Crippen molar-refractivity contribution in [3.8, 4) is 0 Å². The van der Waals surface area contributed by atoms with E-state index in [1.165, 1.54) is 16.7 Å². The van der Waals surface area contributed by atoms with Gasteiger partial charge in [-0.25, -0.2) is 0 Å². The van der Waals surface area contributed by atoms with E-state index in [2.05, 4.69) is 62.9 Å². The van der Waals surface area contributed by atoms with Crippen molar-refractivity contribution in [1.29, 1.82) is 0 Å². The molecule has 0 heterocycles. The summed E-state index contributed by atoms with van der Waals surface area (Å²) in [7, 11) is 1.84. The fourth-order valence-electron chi connectivity index (χ4n) is 4.19. The Hall–Kier alpha value is -1.60. The maximum atomic E-state index is 5.92. The van der Waals surface area contributed by atoms with Crippen molar-refractivity contribution in [2.75, 3.05) is 7.11 Å². The van der Waals surface area contributed by atoms with Crippen LogP contribution in [-0.2, 0) is 4.74 Å². The van der Waals surface area contributed by atoms with Gasteiger partial charge in [-0.15, -0.1) is 6.58 Å². The lowest BCUT2D eigenvalue weighted by atomic mass is 9.56. The van der Waals surface area contributed by atoms with Gasteiger partial charge in [0, 0.05) is 18.4 Å². The van der Waals surface area contributed by atoms with Crippen LogP contribution in [0.3, 0.4) is 0 Å². The molecule has 1 heteroatoms. The monoisotopic (exact) mass is 280 g/mol. The van der Waals surface area contributed by atoms with Crippen LogP contribution in [0.15, 0.2) is 60.7 Å². The van der Waals surface area contributed by atoms with Gasteiger partial charge in [0.25, 0.3) is 0 Å². The van der Waals surface area contributed by atoms with E-state index in [0.717, 1.165) is 12.8 Å². The molecule has 1 aromatic carbocycles. The molecule has 0 saturated heterocycles. The van der Waals surface area contributed by atoms with Gasteiger partial charge in [-0.1, -0.05) is 61.1 Å². The topological polar surface area (TPSA) is 9.23 Å². The van der Waals surface area contributed by atoms with E-state index in [4.69, 9.17) is 4.74 Å². The minimum absolute atomic E-state index is 0.0409. The Kier molecular flexibility index (Phi) is 3.41. The molecular weight excluding hydrogens is 256 g/mol. The first kappa shape index (κ1) is 14.3. The van der Waals surface area contributed by atoms with Gasteiger partial charge in [-0.05, 0) is 30.9 Å². The van der Waals surface area contributed by atoms with Gasteiger partial charge in [0.2, 0.25) is 0 Å². The first-order valence-corrected chi connectivity index (χ1v) is 7.68. The molecule has 2 bridgehead atoms. The number of hydrogen-bond donors (Lipinski definition) is 0. The highest BCUT2D eigenvalue weighted by Gasteiger charge is 2.50. The van der Waals surface area contributed by atoms with Gasteiger partial charge in [-0.2, -0.15) is 0 Å². The summed E-state index contributed by atoms with van der Waals surface area (Å²) in [5, 5.41) is 0. The van der Waals surface area contributed by atoms with Gasteiger partial charge in [-0.3, -0.25) is 0 Å². The summed E-state index contributed by atoms with van der Waals surface area (Å²) in [6, 6.07) is 10.7. The summed E-state index contributed by atoms with van der Waals surface area (Å²) in [6.07, 6.45) is 8.87. The lowest BCUT2D eigenvalue weighted by molar-refractivity contribution is -0.0505. The zero-order chi connectivity index (χ0) is 15.1. The Morgan fingerprint density at radius 1 is 1.29 bits per heavy atom. The van der Waals surface area contributed by atoms with Crippen LogP contribution in [-0.4, -0.2) is 12.7 Å². The fraction of sp³-hybridized carbons (Fsp3) is 0.400. The standard InChI is InChI=1S/C20H24O/c1-5-9-16-13-19(2)14-20(3,21-4)18(16)12-17(19)15-10-7-6-8-11-15/h5-8,10-13,18H,1,9,14H2,2-4H3/t18-,19+,20-/m1/s1. The summed E-state index contributed by atoms with van der Waals surface area (Å²) in [5.74, 6) is 0.345. The molecule has 3 aliphatic carbocycles. The molecule has 0 aliphatic heterocycles. The average Bonchev–Trinajstić information content (AvgIpc) is 2.47. The largest absolute Gasteiger partial charge is 0.378 e. The predicted octanol–water partition coefficient (Wildman–Crippen LogP) is 5.02. The second kappa shape index (κ2) is 4.99. The van der Waals surface area contributed by atoms with Crippen LogP contribution in [0, 0.1) is 11.3 Å². The number of fused-ring (bicyclic) bond motifs is 1. The molecule has 1 aromatic rings. The fourth-order valence-corrected chi connectivity index (χ4v) is 4.19. The first-order valence-electron chi connectivity index (χ1n) is 7.68. The zero-order valence-corrected chi connectivity index (χ0v) is 13.2. The summed E-state index contributed by atoms with van der Waals surface area (Å²) in [5.41, 5.74) is 4.15. The van der Waals surface area contributed by atoms with E-state index >= 15 is 0 Å². The van der Waals surface area contributed by atoms with E-state index < -0.39 is 0 Å². The van der Waals surface area contributed by atoms with E-state index in [1.54, 1.807) is 0 Å². The Labute approximate surface area is 128 Å². The second-order valence-corrected chi connectivity index (χ2v) is 6.75. The number of ether oxygens (including phenoxy) is 1. The van der Waals surface area contributed by atoms with Crippen molar-refractivity contribution in [3.05, 3.63) is 66.3 Å². The van der Waals surface area contributed by atoms with Crippen LogP contribution in [0.2, 0.25) is 0 Å². The number of allylic oxidation sites excluding steroid dienone is 3. The molecule has 0 saturated carbocycles. The number of methoxy groups -OCH3 is 1. The van der Waals surface area contributed by atoms with Crippen molar-refractivity contribution in [2.24, 2.45) is 11.3 Å². The van der Waals surface area contributed by atoms with Gasteiger partial charge >= 0.3 is 0 Å². The van der Waals surface area contributed by atoms with Crippen LogP contribution in [0.5, 0.6) is 0 Å². The maximum absolute atomic E-state index is 5.92. The highest BCUT2D eigenvalue weighted by atomic mass is 16.5. The zero-order valence-electron chi connectivity index (χ0n) is 13.2. The smallest absolute Gasteiger partial charge is 0.0761 e. The number of hydrogen-bond acceptors (Lipinski definition) is 1. The summed E-state index contributed by atoms with van der Waals surface area (Å²) in [4.78, 5) is 0. The van der Waals surface area contributed by atoms with Crippen LogP contribution in [0.4, 0.5) is 0 Å². The first-order chi connectivity index (χ1) is 10.0. The Bertz CT molecular complexity index is 610. The minimum Gasteiger partial charge on any atom is -0.378 e. The van der Waals surface area contributed by atoms with E-state index in [9.17, 15) is 0 Å². The minimum atomic E-state index is -0.111. The molecule has 3 atom stereocenters. The lowest BCUT2D eigenvalue weighted by Crippen LogP contribution is -2.48. The molecule has 0 amide bonds. The normalized spacial score (nSPS) is 34.3. The molecule has 4 rings (SSSR count). The molecule has 3 aliphatic rings. The van der Waals surface area contributed by atoms with Crippen molar-refractivity contribution in [1.82, 2.24) is 0 Å². The SMILES string of the molecule is C=CCC1=C[C@@]2(C)C[C@@](C)(OC)[C@@H]1C=C2c1ccccc1. The molecule has 0 spiro atoms. The van der Waals surface area contributed by atoms with Gasteiger partial charge in [0.05, 0.1) is 5.60 Å². The number of benzene rings is 1. The van der Waals surface area contributed by atoms with Crippen molar-refractivity contribution < 1.29 is 4.74 Å². The molecular formula is C20H24O. The third-order valence-electron chi connectivity index (χ3n) is 5.16. The van der Waals surface area contributed by atoms with Crippen molar-refractivity contribution in [3.63, 3.8) is 0 Å². The highest BCUT2D eigenvalue weighted by molar-refractivity contribution is 5.76. The quantitative estimate of drug-likeness (QED) is 0.704. The second-order valence-electron chi connectivity index (χ2n) is 6.75. The Morgan fingerprint density at radius 2 is 2.00 bits per heavy atom. The molecule has 0 unspecified atom stereocenters. The van der Waals surface area contributed by atoms with E-state index in [-0.39, 0.29) is 11.0 Å². The number of rotatable bonds is 4. The lowest BCUT2D eigenvalue weighted by Gasteiger charge is -2.52. The molecule has 0 N–H and O–H groups in total. The van der Waals surface area contributed by atoms with Crippen LogP contribution >= 0.6 is 0 Å². The van der Waals surface area contributed by atoms with Gasteiger partial charge in [0.15, 0.2) is 0 Å². The molecule has 110 valence electrons. The third kappa shape index (κ3) is 2.20. The molecule has 21 heavy (non-hydrogen) atoms. The van der Waals surface area contributed by atoms with Gasteiger partial charge < -0.3 is 4.74 Å². The highest BCUT2D eigenvalue weighted by Crippen LogP contribution is 2.57. The van der Waals surface area contributed by atoms with Crippen LogP contribution < -0.4 is 0 Å². The molecule has 0 radical (unpaired) electrons. The summed E-state index contributed by atoms with van der Waals surface area (Å²) < 4.78 is 5.92. The Balaban J connectivity index is 2.11. The van der Waals surface area contributed by atoms with E-state index in [0.29, 0.717) is 5.92 Å². The summed E-state index contributed by atoms with van der Waals surface area (Å²) >= 11 is 0. The maximum Gasteiger partial charge on any atom is 0.0761 e. The van der Waals surface area contributed by atoms with Crippen molar-refractivity contribution >= 4 is 5.57 Å². The summed E-state index contributed by atoms with van der Waals surface area (Å²) in [6.45, 7) is 8.48. The molecule has 0 fully saturated rings. The Morgan fingerprint density at radius 3 is 2.57 bits per heavy atom. The third-order valence-corrected chi connectivity index (χ3v) is 5.16.